The number of carbonyl (C=O) groups excluding carboxylic acids is 1. The summed E-state index contributed by atoms with van der Waals surface area (Å²) in [6.07, 6.45) is 1.89. The van der Waals surface area contributed by atoms with E-state index < -0.39 is 11.7 Å². The third-order valence-corrected chi connectivity index (χ3v) is 4.71. The Balaban J connectivity index is 1.88. The van der Waals surface area contributed by atoms with Gasteiger partial charge in [-0.3, -0.25) is 4.79 Å². The molecule has 7 heteroatoms. The van der Waals surface area contributed by atoms with Gasteiger partial charge in [-0.1, -0.05) is 54.9 Å². The van der Waals surface area contributed by atoms with E-state index in [9.17, 15) is 9.59 Å². The van der Waals surface area contributed by atoms with E-state index in [0.29, 0.717) is 22.8 Å². The van der Waals surface area contributed by atoms with Crippen LogP contribution in [-0.4, -0.2) is 20.7 Å². The van der Waals surface area contributed by atoms with E-state index in [1.807, 2.05) is 44.2 Å². The van der Waals surface area contributed by atoms with Crippen LogP contribution in [0.1, 0.15) is 24.9 Å². The lowest BCUT2D eigenvalue weighted by atomic mass is 10.1. The summed E-state index contributed by atoms with van der Waals surface area (Å²) in [6, 6.07) is 13.8. The summed E-state index contributed by atoms with van der Waals surface area (Å²) in [5.41, 5.74) is 2.06. The highest BCUT2D eigenvalue weighted by Crippen LogP contribution is 2.24. The highest BCUT2D eigenvalue weighted by atomic mass is 35.5. The standard InChI is InChI=1S/C20H19ClN4O2/c1-3-18(19(26)23-16-11-7-10-15(21)13(16)2)25-20(27)24-17(12-22-25)14-8-5-4-6-9-14/h4-12,18H,3H2,1-2H3,(H,23,26)/t18-/m1/s1. The molecular weight excluding hydrogens is 364 g/mol. The summed E-state index contributed by atoms with van der Waals surface area (Å²) in [5.74, 6) is -0.341. The summed E-state index contributed by atoms with van der Waals surface area (Å²) >= 11 is 6.10. The zero-order valence-corrected chi connectivity index (χ0v) is 15.8. The predicted octanol–water partition coefficient (Wildman–Crippen LogP) is 3.86. The second-order valence-corrected chi connectivity index (χ2v) is 6.47. The molecule has 0 unspecified atom stereocenters. The number of nitrogens with one attached hydrogen (secondary N) is 1. The second-order valence-electron chi connectivity index (χ2n) is 6.06. The molecule has 138 valence electrons. The Labute approximate surface area is 161 Å². The molecule has 0 radical (unpaired) electrons. The molecule has 1 N–H and O–H groups in total. The SMILES string of the molecule is CC[C@H](C(=O)Nc1cccc(Cl)c1C)n1ncc(-c2ccccc2)nc1=O. The van der Waals surface area contributed by atoms with E-state index in [2.05, 4.69) is 15.4 Å². The number of anilines is 1. The molecule has 0 fully saturated rings. The minimum Gasteiger partial charge on any atom is -0.324 e. The number of hydrogen-bond acceptors (Lipinski definition) is 4. The fourth-order valence-electron chi connectivity index (χ4n) is 2.74. The molecule has 0 aliphatic carbocycles. The molecule has 0 saturated heterocycles. The zero-order valence-electron chi connectivity index (χ0n) is 15.0. The summed E-state index contributed by atoms with van der Waals surface area (Å²) in [7, 11) is 0. The van der Waals surface area contributed by atoms with Gasteiger partial charge in [0, 0.05) is 16.3 Å². The number of aromatic nitrogens is 3. The quantitative estimate of drug-likeness (QED) is 0.726. The van der Waals surface area contributed by atoms with Gasteiger partial charge in [0.15, 0.2) is 0 Å². The van der Waals surface area contributed by atoms with Crippen LogP contribution in [-0.2, 0) is 4.79 Å². The van der Waals surface area contributed by atoms with Gasteiger partial charge in [0.2, 0.25) is 5.91 Å². The van der Waals surface area contributed by atoms with Crippen LogP contribution in [0.5, 0.6) is 0 Å². The summed E-state index contributed by atoms with van der Waals surface area (Å²) < 4.78 is 1.11. The number of benzene rings is 2. The minimum atomic E-state index is -0.770. The van der Waals surface area contributed by atoms with Crippen molar-refractivity contribution in [2.45, 2.75) is 26.3 Å². The van der Waals surface area contributed by atoms with E-state index >= 15 is 0 Å². The van der Waals surface area contributed by atoms with Gasteiger partial charge in [0.25, 0.3) is 0 Å². The largest absolute Gasteiger partial charge is 0.365 e. The monoisotopic (exact) mass is 382 g/mol. The molecule has 6 nitrogen and oxygen atoms in total. The number of rotatable bonds is 5. The lowest BCUT2D eigenvalue weighted by molar-refractivity contribution is -0.119. The van der Waals surface area contributed by atoms with Crippen molar-refractivity contribution in [2.24, 2.45) is 0 Å². The van der Waals surface area contributed by atoms with E-state index in [1.165, 1.54) is 6.20 Å². The first kappa shape index (κ1) is 18.8. The Morgan fingerprint density at radius 2 is 1.93 bits per heavy atom. The summed E-state index contributed by atoms with van der Waals surface area (Å²) in [4.78, 5) is 29.3. The van der Waals surface area contributed by atoms with Crippen molar-refractivity contribution in [1.82, 2.24) is 14.8 Å². The average Bonchev–Trinajstić information content (AvgIpc) is 2.68. The zero-order chi connectivity index (χ0) is 19.4. The third kappa shape index (κ3) is 4.06. The van der Waals surface area contributed by atoms with Crippen LogP contribution < -0.4 is 11.0 Å². The van der Waals surface area contributed by atoms with Gasteiger partial charge in [0.05, 0.1) is 11.9 Å². The van der Waals surface area contributed by atoms with Crippen molar-refractivity contribution in [2.75, 3.05) is 5.32 Å². The molecule has 1 aromatic heterocycles. The molecule has 0 aliphatic heterocycles. The van der Waals surface area contributed by atoms with E-state index in [1.54, 1.807) is 18.2 Å². The maximum atomic E-state index is 12.7. The van der Waals surface area contributed by atoms with Crippen LogP contribution in [0.3, 0.4) is 0 Å². The topological polar surface area (TPSA) is 76.9 Å². The molecule has 0 aliphatic rings. The van der Waals surface area contributed by atoms with Crippen molar-refractivity contribution >= 4 is 23.2 Å². The molecule has 0 spiro atoms. The molecule has 0 saturated carbocycles. The van der Waals surface area contributed by atoms with E-state index in [4.69, 9.17) is 11.6 Å². The third-order valence-electron chi connectivity index (χ3n) is 4.30. The van der Waals surface area contributed by atoms with E-state index in [-0.39, 0.29) is 5.91 Å². The van der Waals surface area contributed by atoms with Gasteiger partial charge in [-0.25, -0.2) is 9.48 Å². The highest BCUT2D eigenvalue weighted by Gasteiger charge is 2.22. The number of nitrogens with zero attached hydrogens (tertiary/aromatic N) is 3. The Morgan fingerprint density at radius 1 is 1.19 bits per heavy atom. The highest BCUT2D eigenvalue weighted by molar-refractivity contribution is 6.31. The van der Waals surface area contributed by atoms with Gasteiger partial charge in [-0.05, 0) is 31.0 Å². The van der Waals surface area contributed by atoms with Gasteiger partial charge in [-0.15, -0.1) is 0 Å². The molecule has 2 aromatic carbocycles. The fourth-order valence-corrected chi connectivity index (χ4v) is 2.91. The number of amides is 1. The van der Waals surface area contributed by atoms with Gasteiger partial charge in [-0.2, -0.15) is 10.1 Å². The Bertz CT molecular complexity index is 1020. The maximum Gasteiger partial charge on any atom is 0.365 e. The van der Waals surface area contributed by atoms with Crippen LogP contribution in [0.25, 0.3) is 11.3 Å². The molecule has 1 amide bonds. The molecule has 27 heavy (non-hydrogen) atoms. The Morgan fingerprint density at radius 3 is 2.59 bits per heavy atom. The Kier molecular flexibility index (Phi) is 5.66. The first-order chi connectivity index (χ1) is 13.0. The van der Waals surface area contributed by atoms with Crippen molar-refractivity contribution in [3.05, 3.63) is 75.8 Å². The average molecular weight is 383 g/mol. The van der Waals surface area contributed by atoms with Crippen LogP contribution in [0.4, 0.5) is 5.69 Å². The summed E-state index contributed by atoms with van der Waals surface area (Å²) in [6.45, 7) is 3.63. The summed E-state index contributed by atoms with van der Waals surface area (Å²) in [5, 5.41) is 7.57. The first-order valence-electron chi connectivity index (χ1n) is 8.58. The molecule has 3 aromatic rings. The molecular formula is C20H19ClN4O2. The van der Waals surface area contributed by atoms with Crippen LogP contribution in [0.2, 0.25) is 5.02 Å². The predicted molar refractivity (Wildman–Crippen MR) is 106 cm³/mol. The van der Waals surface area contributed by atoms with Gasteiger partial charge < -0.3 is 5.32 Å². The number of carbonyl (C=O) groups is 1. The Hall–Kier alpha value is -2.99. The first-order valence-corrected chi connectivity index (χ1v) is 8.96. The van der Waals surface area contributed by atoms with Crippen molar-refractivity contribution in [3.63, 3.8) is 0 Å². The van der Waals surface area contributed by atoms with Crippen molar-refractivity contribution in [3.8, 4) is 11.3 Å². The van der Waals surface area contributed by atoms with Crippen LogP contribution in [0, 0.1) is 6.92 Å². The molecule has 1 atom stereocenters. The van der Waals surface area contributed by atoms with Crippen molar-refractivity contribution < 1.29 is 4.79 Å². The van der Waals surface area contributed by atoms with Gasteiger partial charge in [0.1, 0.15) is 6.04 Å². The maximum absolute atomic E-state index is 12.7. The molecule has 3 rings (SSSR count). The normalized spacial score (nSPS) is 11.8. The smallest absolute Gasteiger partial charge is 0.324 e. The minimum absolute atomic E-state index is 0.341. The van der Waals surface area contributed by atoms with Crippen LogP contribution in [0.15, 0.2) is 59.5 Å². The number of hydrogen-bond donors (Lipinski definition) is 1. The van der Waals surface area contributed by atoms with E-state index in [0.717, 1.165) is 15.8 Å². The second kappa shape index (κ2) is 8.14. The molecule has 0 bridgehead atoms. The molecule has 1 heterocycles. The lowest BCUT2D eigenvalue weighted by Crippen LogP contribution is -2.36. The lowest BCUT2D eigenvalue weighted by Gasteiger charge is -2.17. The van der Waals surface area contributed by atoms with Gasteiger partial charge >= 0.3 is 5.69 Å². The van der Waals surface area contributed by atoms with Crippen molar-refractivity contribution in [1.29, 1.82) is 0 Å². The fraction of sp³-hybridized carbons (Fsp3) is 0.200. The van der Waals surface area contributed by atoms with Crippen LogP contribution >= 0.6 is 11.6 Å². The number of halogens is 1.